The van der Waals surface area contributed by atoms with Crippen LogP contribution in [0.3, 0.4) is 0 Å². The molecule has 0 radical (unpaired) electrons. The summed E-state index contributed by atoms with van der Waals surface area (Å²) in [4.78, 5) is 13.8. The first kappa shape index (κ1) is 14.0. The Morgan fingerprint density at radius 3 is 2.84 bits per heavy atom. The average Bonchev–Trinajstić information content (AvgIpc) is 2.76. The van der Waals surface area contributed by atoms with Gasteiger partial charge in [-0.05, 0) is 6.92 Å². The van der Waals surface area contributed by atoms with Crippen molar-refractivity contribution in [3.05, 3.63) is 17.5 Å². The fourth-order valence-electron chi connectivity index (χ4n) is 2.11. The van der Waals surface area contributed by atoms with Crippen LogP contribution in [0.15, 0.2) is 6.20 Å². The van der Waals surface area contributed by atoms with Crippen LogP contribution >= 0.6 is 0 Å². The Morgan fingerprint density at radius 1 is 1.47 bits per heavy atom. The lowest BCUT2D eigenvalue weighted by atomic mass is 10.2. The second kappa shape index (κ2) is 6.68. The maximum Gasteiger partial charge on any atom is 0.224 e. The standard InChI is InChI=1S/C13H22N4O2/c1-11-12(10-15-16(11)2)9-14-4-3-13(18)17-5-7-19-8-6-17/h10,14H,3-9H2,1-2H3. The number of aryl methyl sites for hydroxylation is 1. The molecule has 1 aliphatic rings. The number of amides is 1. The first-order chi connectivity index (χ1) is 9.18. The van der Waals surface area contributed by atoms with E-state index in [1.54, 1.807) is 0 Å². The van der Waals surface area contributed by atoms with Crippen molar-refractivity contribution in [1.82, 2.24) is 20.0 Å². The lowest BCUT2D eigenvalue weighted by molar-refractivity contribution is -0.135. The summed E-state index contributed by atoms with van der Waals surface area (Å²) in [5.74, 6) is 0.207. The molecule has 1 fully saturated rings. The van der Waals surface area contributed by atoms with E-state index in [0.29, 0.717) is 26.2 Å². The Kier molecular flexibility index (Phi) is 4.93. The van der Waals surface area contributed by atoms with Crippen LogP contribution in [0.25, 0.3) is 0 Å². The molecule has 19 heavy (non-hydrogen) atoms. The van der Waals surface area contributed by atoms with Gasteiger partial charge in [-0.1, -0.05) is 0 Å². The summed E-state index contributed by atoms with van der Waals surface area (Å²) < 4.78 is 7.09. The first-order valence-electron chi connectivity index (χ1n) is 6.72. The van der Waals surface area contributed by atoms with E-state index in [4.69, 9.17) is 4.74 Å². The number of ether oxygens (including phenoxy) is 1. The van der Waals surface area contributed by atoms with Gasteiger partial charge in [-0.2, -0.15) is 5.10 Å². The minimum atomic E-state index is 0.207. The van der Waals surface area contributed by atoms with Crippen molar-refractivity contribution < 1.29 is 9.53 Å². The lowest BCUT2D eigenvalue weighted by Gasteiger charge is -2.26. The monoisotopic (exact) mass is 266 g/mol. The molecule has 0 saturated carbocycles. The molecule has 0 spiro atoms. The van der Waals surface area contributed by atoms with Gasteiger partial charge in [-0.15, -0.1) is 0 Å². The summed E-state index contributed by atoms with van der Waals surface area (Å²) in [6.45, 7) is 6.27. The highest BCUT2D eigenvalue weighted by Gasteiger charge is 2.15. The molecular formula is C13H22N4O2. The molecule has 6 nitrogen and oxygen atoms in total. The van der Waals surface area contributed by atoms with E-state index < -0.39 is 0 Å². The Balaban J connectivity index is 1.66. The van der Waals surface area contributed by atoms with Crippen LogP contribution in [-0.4, -0.2) is 53.4 Å². The molecule has 1 aliphatic heterocycles. The Morgan fingerprint density at radius 2 is 2.21 bits per heavy atom. The molecule has 106 valence electrons. The summed E-state index contributed by atoms with van der Waals surface area (Å²) in [5.41, 5.74) is 2.34. The first-order valence-corrected chi connectivity index (χ1v) is 6.72. The number of nitrogens with one attached hydrogen (secondary N) is 1. The third kappa shape index (κ3) is 3.78. The van der Waals surface area contributed by atoms with Gasteiger partial charge in [0.05, 0.1) is 19.4 Å². The average molecular weight is 266 g/mol. The molecule has 1 amide bonds. The summed E-state index contributed by atoms with van der Waals surface area (Å²) >= 11 is 0. The molecule has 6 heteroatoms. The molecule has 1 saturated heterocycles. The molecule has 0 unspecified atom stereocenters. The molecule has 2 rings (SSSR count). The minimum absolute atomic E-state index is 0.207. The third-order valence-electron chi connectivity index (χ3n) is 3.53. The van der Waals surface area contributed by atoms with Crippen LogP contribution in [0.4, 0.5) is 0 Å². The predicted octanol–water partition coefficient (Wildman–Crippen LogP) is 0.0670. The zero-order valence-electron chi connectivity index (χ0n) is 11.7. The van der Waals surface area contributed by atoms with Crippen molar-refractivity contribution in [2.45, 2.75) is 19.9 Å². The number of nitrogens with zero attached hydrogens (tertiary/aromatic N) is 3. The second-order valence-corrected chi connectivity index (χ2v) is 4.80. The summed E-state index contributed by atoms with van der Waals surface area (Å²) in [5, 5.41) is 7.48. The summed E-state index contributed by atoms with van der Waals surface area (Å²) in [6.07, 6.45) is 2.41. The van der Waals surface area contributed by atoms with E-state index in [0.717, 1.165) is 25.3 Å². The molecule has 1 aromatic heterocycles. The molecule has 2 heterocycles. The van der Waals surface area contributed by atoms with E-state index in [-0.39, 0.29) is 5.91 Å². The van der Waals surface area contributed by atoms with Gasteiger partial charge in [0.15, 0.2) is 0 Å². The molecule has 0 aromatic carbocycles. The smallest absolute Gasteiger partial charge is 0.224 e. The summed E-state index contributed by atoms with van der Waals surface area (Å²) in [7, 11) is 1.93. The van der Waals surface area contributed by atoms with Crippen molar-refractivity contribution >= 4 is 5.91 Å². The van der Waals surface area contributed by atoms with Gasteiger partial charge in [-0.3, -0.25) is 9.48 Å². The Labute approximate surface area is 113 Å². The van der Waals surface area contributed by atoms with E-state index in [2.05, 4.69) is 10.4 Å². The van der Waals surface area contributed by atoms with Crippen LogP contribution < -0.4 is 5.32 Å². The van der Waals surface area contributed by atoms with E-state index in [1.165, 1.54) is 5.56 Å². The van der Waals surface area contributed by atoms with E-state index in [9.17, 15) is 4.79 Å². The number of hydrogen-bond donors (Lipinski definition) is 1. The molecule has 1 aromatic rings. The third-order valence-corrected chi connectivity index (χ3v) is 3.53. The van der Waals surface area contributed by atoms with Gasteiger partial charge in [-0.25, -0.2) is 0 Å². The van der Waals surface area contributed by atoms with Crippen LogP contribution in [-0.2, 0) is 23.1 Å². The van der Waals surface area contributed by atoms with Gasteiger partial charge >= 0.3 is 0 Å². The minimum Gasteiger partial charge on any atom is -0.378 e. The van der Waals surface area contributed by atoms with Crippen molar-refractivity contribution in [3.8, 4) is 0 Å². The van der Waals surface area contributed by atoms with Gasteiger partial charge in [0.25, 0.3) is 0 Å². The van der Waals surface area contributed by atoms with Gasteiger partial charge < -0.3 is 15.0 Å². The van der Waals surface area contributed by atoms with Crippen LogP contribution in [0.1, 0.15) is 17.7 Å². The van der Waals surface area contributed by atoms with Crippen molar-refractivity contribution in [3.63, 3.8) is 0 Å². The number of morpholine rings is 1. The number of carbonyl (C=O) groups is 1. The van der Waals surface area contributed by atoms with Gasteiger partial charge in [0, 0.05) is 50.9 Å². The molecule has 0 atom stereocenters. The van der Waals surface area contributed by atoms with Crippen molar-refractivity contribution in [2.24, 2.45) is 7.05 Å². The molecule has 1 N–H and O–H groups in total. The van der Waals surface area contributed by atoms with Crippen LogP contribution in [0.2, 0.25) is 0 Å². The number of aromatic nitrogens is 2. The number of hydrogen-bond acceptors (Lipinski definition) is 4. The lowest BCUT2D eigenvalue weighted by Crippen LogP contribution is -2.41. The maximum absolute atomic E-state index is 11.9. The largest absolute Gasteiger partial charge is 0.378 e. The predicted molar refractivity (Wildman–Crippen MR) is 71.7 cm³/mol. The quantitative estimate of drug-likeness (QED) is 0.766. The Bertz CT molecular complexity index is 424. The van der Waals surface area contributed by atoms with E-state index >= 15 is 0 Å². The number of rotatable bonds is 5. The molecule has 0 bridgehead atoms. The zero-order valence-corrected chi connectivity index (χ0v) is 11.7. The molecular weight excluding hydrogens is 244 g/mol. The number of carbonyl (C=O) groups excluding carboxylic acids is 1. The van der Waals surface area contributed by atoms with Crippen LogP contribution in [0.5, 0.6) is 0 Å². The van der Waals surface area contributed by atoms with Crippen molar-refractivity contribution in [2.75, 3.05) is 32.8 Å². The molecule has 0 aliphatic carbocycles. The highest BCUT2D eigenvalue weighted by Crippen LogP contribution is 2.05. The zero-order chi connectivity index (χ0) is 13.7. The maximum atomic E-state index is 11.9. The van der Waals surface area contributed by atoms with Crippen molar-refractivity contribution in [1.29, 1.82) is 0 Å². The fraction of sp³-hybridized carbons (Fsp3) is 0.692. The van der Waals surface area contributed by atoms with Gasteiger partial charge in [0.1, 0.15) is 0 Å². The fourth-order valence-corrected chi connectivity index (χ4v) is 2.11. The van der Waals surface area contributed by atoms with E-state index in [1.807, 2.05) is 29.7 Å². The summed E-state index contributed by atoms with van der Waals surface area (Å²) in [6, 6.07) is 0. The SMILES string of the molecule is Cc1c(CNCCC(=O)N2CCOCC2)cnn1C. The Hall–Kier alpha value is -1.40. The van der Waals surface area contributed by atoms with Crippen LogP contribution in [0, 0.1) is 6.92 Å². The topological polar surface area (TPSA) is 59.4 Å². The second-order valence-electron chi connectivity index (χ2n) is 4.80. The van der Waals surface area contributed by atoms with Gasteiger partial charge in [0.2, 0.25) is 5.91 Å². The highest BCUT2D eigenvalue weighted by atomic mass is 16.5. The normalized spacial score (nSPS) is 15.8. The highest BCUT2D eigenvalue weighted by molar-refractivity contribution is 5.76.